The number of rotatable bonds is 7. The van der Waals surface area contributed by atoms with Crippen LogP contribution >= 0.6 is 11.3 Å². The lowest BCUT2D eigenvalue weighted by atomic mass is 10.1. The predicted octanol–water partition coefficient (Wildman–Crippen LogP) is 3.67. The molecule has 0 fully saturated rings. The summed E-state index contributed by atoms with van der Waals surface area (Å²) in [6.45, 7) is 7.01. The Hall–Kier alpha value is -2.91. The van der Waals surface area contributed by atoms with Gasteiger partial charge in [-0.05, 0) is 31.9 Å². The number of ether oxygens (including phenoxy) is 2. The molecule has 0 spiro atoms. The van der Waals surface area contributed by atoms with E-state index in [0.29, 0.717) is 19.0 Å². The Bertz CT molecular complexity index is 1150. The second kappa shape index (κ2) is 8.22. The minimum Gasteiger partial charge on any atom is -0.475 e. The Kier molecular flexibility index (Phi) is 5.50. The van der Waals surface area contributed by atoms with Crippen LogP contribution in [0.3, 0.4) is 0 Å². The highest BCUT2D eigenvalue weighted by molar-refractivity contribution is 7.25. The van der Waals surface area contributed by atoms with Crippen molar-refractivity contribution in [1.29, 1.82) is 0 Å². The van der Waals surface area contributed by atoms with Crippen LogP contribution < -0.4 is 10.1 Å². The van der Waals surface area contributed by atoms with Crippen molar-refractivity contribution in [3.05, 3.63) is 41.5 Å². The average molecular weight is 411 g/mol. The fraction of sp³-hybridized carbons (Fsp3) is 0.350. The summed E-state index contributed by atoms with van der Waals surface area (Å²) in [6, 6.07) is 3.84. The van der Waals surface area contributed by atoms with Crippen LogP contribution in [0.25, 0.3) is 20.4 Å². The molecule has 0 aliphatic heterocycles. The SMILES string of the molecule is CO[C@H](C)COc1ccc(CNc2ncnc3c2sc2nnc(C)c(C)c23)cn1. The summed E-state index contributed by atoms with van der Waals surface area (Å²) >= 11 is 1.55. The van der Waals surface area contributed by atoms with Crippen LogP contribution in [-0.2, 0) is 11.3 Å². The number of hydrogen-bond donors (Lipinski definition) is 1. The third-order valence-corrected chi connectivity index (χ3v) is 5.86. The van der Waals surface area contributed by atoms with Gasteiger partial charge in [0.1, 0.15) is 23.6 Å². The van der Waals surface area contributed by atoms with Crippen molar-refractivity contribution in [2.24, 2.45) is 0 Å². The standard InChI is InChI=1S/C20H22N6O2S/c1-11(27-4)9-28-15-6-5-14(7-21-15)8-22-19-18-17(23-10-24-19)16-12(2)13(3)25-26-20(16)29-18/h5-7,10-11H,8-9H2,1-4H3,(H,22,23,24)/t11-/m1/s1. The molecule has 29 heavy (non-hydrogen) atoms. The summed E-state index contributed by atoms with van der Waals surface area (Å²) in [5.41, 5.74) is 3.95. The monoisotopic (exact) mass is 410 g/mol. The van der Waals surface area contributed by atoms with E-state index in [2.05, 4.69) is 37.4 Å². The zero-order valence-electron chi connectivity index (χ0n) is 16.8. The molecule has 0 unspecified atom stereocenters. The van der Waals surface area contributed by atoms with E-state index < -0.39 is 0 Å². The summed E-state index contributed by atoms with van der Waals surface area (Å²) in [4.78, 5) is 14.1. The number of anilines is 1. The minimum atomic E-state index is 0.0248. The number of pyridine rings is 1. The molecular formula is C20H22N6O2S. The van der Waals surface area contributed by atoms with Gasteiger partial charge in [0.2, 0.25) is 5.88 Å². The van der Waals surface area contributed by atoms with Gasteiger partial charge in [-0.15, -0.1) is 16.4 Å². The number of aryl methyl sites for hydroxylation is 2. The first-order chi connectivity index (χ1) is 14.1. The van der Waals surface area contributed by atoms with Crippen molar-refractivity contribution >= 4 is 37.6 Å². The smallest absolute Gasteiger partial charge is 0.213 e. The first-order valence-electron chi connectivity index (χ1n) is 9.28. The van der Waals surface area contributed by atoms with Gasteiger partial charge in [-0.1, -0.05) is 6.07 Å². The number of methoxy groups -OCH3 is 1. The van der Waals surface area contributed by atoms with Gasteiger partial charge in [-0.3, -0.25) is 0 Å². The first kappa shape index (κ1) is 19.4. The zero-order chi connectivity index (χ0) is 20.4. The van der Waals surface area contributed by atoms with E-state index in [9.17, 15) is 0 Å². The van der Waals surface area contributed by atoms with Gasteiger partial charge in [0.25, 0.3) is 0 Å². The third kappa shape index (κ3) is 3.96. The summed E-state index contributed by atoms with van der Waals surface area (Å²) in [5, 5.41) is 13.0. The number of aromatic nitrogens is 5. The van der Waals surface area contributed by atoms with Crippen LogP contribution in [0.5, 0.6) is 5.88 Å². The Morgan fingerprint density at radius 1 is 1.14 bits per heavy atom. The van der Waals surface area contributed by atoms with Crippen molar-refractivity contribution in [3.8, 4) is 5.88 Å². The largest absolute Gasteiger partial charge is 0.475 e. The Morgan fingerprint density at radius 3 is 2.76 bits per heavy atom. The molecule has 4 aromatic rings. The minimum absolute atomic E-state index is 0.0248. The fourth-order valence-electron chi connectivity index (χ4n) is 2.87. The molecule has 0 saturated carbocycles. The summed E-state index contributed by atoms with van der Waals surface area (Å²) in [7, 11) is 1.66. The van der Waals surface area contributed by atoms with Crippen molar-refractivity contribution in [1.82, 2.24) is 25.1 Å². The third-order valence-electron chi connectivity index (χ3n) is 4.79. The zero-order valence-corrected chi connectivity index (χ0v) is 17.6. The number of hydrogen-bond acceptors (Lipinski definition) is 9. The Balaban J connectivity index is 1.52. The molecule has 0 aromatic carbocycles. The number of thiophene rings is 1. The van der Waals surface area contributed by atoms with Crippen LogP contribution in [0.4, 0.5) is 5.82 Å². The number of nitrogens with one attached hydrogen (secondary N) is 1. The van der Waals surface area contributed by atoms with Crippen LogP contribution in [0, 0.1) is 13.8 Å². The molecule has 0 radical (unpaired) electrons. The maximum absolute atomic E-state index is 5.60. The van der Waals surface area contributed by atoms with E-state index >= 15 is 0 Å². The number of fused-ring (bicyclic) bond motifs is 3. The van der Waals surface area contributed by atoms with Crippen LogP contribution in [0.2, 0.25) is 0 Å². The maximum atomic E-state index is 5.60. The summed E-state index contributed by atoms with van der Waals surface area (Å²) in [5.74, 6) is 1.36. The van der Waals surface area contributed by atoms with E-state index in [0.717, 1.165) is 43.1 Å². The highest BCUT2D eigenvalue weighted by atomic mass is 32.1. The van der Waals surface area contributed by atoms with Crippen LogP contribution in [0.1, 0.15) is 23.7 Å². The van der Waals surface area contributed by atoms with Gasteiger partial charge in [0.15, 0.2) is 0 Å². The van der Waals surface area contributed by atoms with Gasteiger partial charge >= 0.3 is 0 Å². The predicted molar refractivity (Wildman–Crippen MR) is 114 cm³/mol. The molecular weight excluding hydrogens is 388 g/mol. The van der Waals surface area contributed by atoms with Crippen LogP contribution in [-0.4, -0.2) is 45.0 Å². The molecule has 4 rings (SSSR count). The molecule has 8 nitrogen and oxygen atoms in total. The molecule has 0 saturated heterocycles. The van der Waals surface area contributed by atoms with E-state index in [1.807, 2.05) is 26.0 Å². The van der Waals surface area contributed by atoms with E-state index in [1.165, 1.54) is 0 Å². The molecule has 150 valence electrons. The molecule has 0 aliphatic carbocycles. The van der Waals surface area contributed by atoms with Crippen molar-refractivity contribution in [2.75, 3.05) is 19.0 Å². The van der Waals surface area contributed by atoms with E-state index in [4.69, 9.17) is 9.47 Å². The summed E-state index contributed by atoms with van der Waals surface area (Å²) < 4.78 is 11.8. The highest BCUT2D eigenvalue weighted by Crippen LogP contribution is 2.36. The van der Waals surface area contributed by atoms with Crippen molar-refractivity contribution in [3.63, 3.8) is 0 Å². The maximum Gasteiger partial charge on any atom is 0.213 e. The topological polar surface area (TPSA) is 94.9 Å². The van der Waals surface area contributed by atoms with E-state index in [1.54, 1.807) is 31.0 Å². The number of nitrogens with zero attached hydrogens (tertiary/aromatic N) is 5. The van der Waals surface area contributed by atoms with Gasteiger partial charge in [-0.2, -0.15) is 5.10 Å². The molecule has 4 aromatic heterocycles. The van der Waals surface area contributed by atoms with Gasteiger partial charge < -0.3 is 14.8 Å². The molecule has 0 aliphatic rings. The van der Waals surface area contributed by atoms with Gasteiger partial charge in [-0.25, -0.2) is 15.0 Å². The Morgan fingerprint density at radius 2 is 2.00 bits per heavy atom. The highest BCUT2D eigenvalue weighted by Gasteiger charge is 2.15. The Labute approximate surface area is 172 Å². The molecule has 0 amide bonds. The lowest BCUT2D eigenvalue weighted by Gasteiger charge is -2.11. The van der Waals surface area contributed by atoms with Crippen LogP contribution in [0.15, 0.2) is 24.7 Å². The quantitative estimate of drug-likeness (QED) is 0.493. The van der Waals surface area contributed by atoms with Gasteiger partial charge in [0, 0.05) is 31.3 Å². The normalized spacial score (nSPS) is 12.4. The molecule has 9 heteroatoms. The fourth-order valence-corrected chi connectivity index (χ4v) is 3.97. The lowest BCUT2D eigenvalue weighted by molar-refractivity contribution is 0.0699. The lowest BCUT2D eigenvalue weighted by Crippen LogP contribution is -2.16. The van der Waals surface area contributed by atoms with Crippen molar-refractivity contribution < 1.29 is 9.47 Å². The second-order valence-corrected chi connectivity index (χ2v) is 7.81. The van der Waals surface area contributed by atoms with Crippen molar-refractivity contribution in [2.45, 2.75) is 33.4 Å². The molecule has 4 heterocycles. The average Bonchev–Trinajstić information content (AvgIpc) is 3.13. The van der Waals surface area contributed by atoms with Gasteiger partial charge in [0.05, 0.1) is 22.0 Å². The second-order valence-electron chi connectivity index (χ2n) is 6.81. The molecule has 1 N–H and O–H groups in total. The molecule has 1 atom stereocenters. The van der Waals surface area contributed by atoms with E-state index in [-0.39, 0.29) is 6.10 Å². The summed E-state index contributed by atoms with van der Waals surface area (Å²) in [6.07, 6.45) is 3.40. The first-order valence-corrected chi connectivity index (χ1v) is 10.1. The molecule has 0 bridgehead atoms.